The van der Waals surface area contributed by atoms with Gasteiger partial charge in [-0.1, -0.05) is 0 Å². The van der Waals surface area contributed by atoms with Gasteiger partial charge in [-0.05, 0) is 0 Å². The smallest absolute Gasteiger partial charge is 0.412 e. The number of nitrogens with zero attached hydrogens (tertiary/aromatic N) is 4. The first-order chi connectivity index (χ1) is 20.5. The molecule has 2 aromatic rings. The van der Waals surface area contributed by atoms with E-state index < -0.39 is 29.8 Å². The van der Waals surface area contributed by atoms with Crippen molar-refractivity contribution in [3.8, 4) is 0 Å². The summed E-state index contributed by atoms with van der Waals surface area (Å²) in [7, 11) is 0. The molecule has 2 aromatic heterocycles. The van der Waals surface area contributed by atoms with Crippen molar-refractivity contribution in [2.75, 3.05) is 0 Å². The average Bonchev–Trinajstić information content (AvgIpc) is 3.58. The van der Waals surface area contributed by atoms with Crippen molar-refractivity contribution >= 4 is 71.6 Å². The van der Waals surface area contributed by atoms with Gasteiger partial charge < -0.3 is 5.48 Å². The molecule has 4 aliphatic rings. The molecular formula is C34H34GaN4O5. The third-order valence-electron chi connectivity index (χ3n) is 8.83. The minimum Gasteiger partial charge on any atom is -0.412 e. The molecule has 0 aromatic carbocycles. The molecular weight excluding hydrogens is 614 g/mol. The van der Waals surface area contributed by atoms with Gasteiger partial charge in [0.15, 0.2) is 0 Å². The first kappa shape index (κ1) is 31.1. The topological polar surface area (TPSA) is 146 Å². The van der Waals surface area contributed by atoms with E-state index >= 15 is 0 Å². The van der Waals surface area contributed by atoms with Crippen molar-refractivity contribution in [3.05, 3.63) is 97.3 Å². The number of carboxylic acids is 2. The van der Waals surface area contributed by atoms with Crippen LogP contribution in [0.5, 0.6) is 0 Å². The van der Waals surface area contributed by atoms with Crippen molar-refractivity contribution in [3.63, 3.8) is 0 Å². The molecule has 44 heavy (non-hydrogen) atoms. The number of carbonyl (C=O) groups excluding carboxylic acids is 2. The zero-order valence-electron chi connectivity index (χ0n) is 27.2. The summed E-state index contributed by atoms with van der Waals surface area (Å²) in [6.07, 6.45) is 12.4. The van der Waals surface area contributed by atoms with E-state index in [1.807, 2.05) is 32.1 Å². The Morgan fingerprint density at radius 1 is 0.818 bits per heavy atom. The first-order valence-electron chi connectivity index (χ1n) is 14.2. The third-order valence-corrected chi connectivity index (χ3v) is 12.1. The standard InChI is InChI=1S/C34H34N4O4.Ga.H2O/c1-7-21-17(3)25-13-26-19(5)23(9-11-33(39)40)31(37-26)16-32-24(10-12-34(41)42)20(6)28(38-32)15-30-22(8-2)18(4)27(36-30)14-29(21)35-25;;/h7-8,13-16H,1-2,9-12H2,3-6H3,(H4,35,36,37,38,39,40,41,42);;1H2/q;+2;/p-2. The summed E-state index contributed by atoms with van der Waals surface area (Å²) in [6, 6.07) is 0. The number of carbonyl (C=O) groups is 2. The second kappa shape index (κ2) is 11.6. The summed E-state index contributed by atoms with van der Waals surface area (Å²) in [5.41, 5.74) is 13.0. The first-order valence-corrected chi connectivity index (χ1v) is 16.4. The molecule has 0 unspecified atom stereocenters. The zero-order valence-corrected chi connectivity index (χ0v) is 27.6. The van der Waals surface area contributed by atoms with Crippen LogP contribution >= 0.6 is 0 Å². The normalized spacial score (nSPS) is 16.0. The Kier molecular flexibility index (Phi) is 8.19. The predicted molar refractivity (Wildman–Crippen MR) is 173 cm³/mol. The van der Waals surface area contributed by atoms with E-state index in [9.17, 15) is 19.8 Å². The number of hydrogen-bond acceptors (Lipinski definition) is 6. The Labute approximate surface area is 266 Å². The molecule has 0 amide bonds. The van der Waals surface area contributed by atoms with E-state index in [1.165, 1.54) is 0 Å². The van der Waals surface area contributed by atoms with Crippen LogP contribution in [0, 0.1) is 13.8 Å². The van der Waals surface area contributed by atoms with E-state index in [-0.39, 0.29) is 27.6 Å². The Morgan fingerprint density at radius 2 is 1.43 bits per heavy atom. The van der Waals surface area contributed by atoms with Gasteiger partial charge in [0.1, 0.15) is 0 Å². The molecule has 10 heteroatoms. The van der Waals surface area contributed by atoms with Gasteiger partial charge in [-0.3, -0.25) is 0 Å². The van der Waals surface area contributed by atoms with Gasteiger partial charge in [-0.15, -0.1) is 0 Å². The molecule has 0 aliphatic carbocycles. The van der Waals surface area contributed by atoms with E-state index in [0.717, 1.165) is 83.7 Å². The molecule has 6 bridgehead atoms. The van der Waals surface area contributed by atoms with Crippen molar-refractivity contribution in [2.45, 2.75) is 53.4 Å². The average molecular weight is 648 g/mol. The summed E-state index contributed by atoms with van der Waals surface area (Å²) in [5, 5.41) is 25.0. The van der Waals surface area contributed by atoms with E-state index in [1.54, 1.807) is 0 Å². The van der Waals surface area contributed by atoms with Gasteiger partial charge in [0.05, 0.1) is 0 Å². The number of aliphatic imine (C=N–C) groups is 2. The van der Waals surface area contributed by atoms with Gasteiger partial charge in [0.2, 0.25) is 0 Å². The fourth-order valence-electron chi connectivity index (χ4n) is 6.46. The monoisotopic (exact) mass is 647 g/mol. The van der Waals surface area contributed by atoms with Crippen LogP contribution in [0.1, 0.15) is 69.6 Å². The van der Waals surface area contributed by atoms with Gasteiger partial charge >= 0.3 is 261 Å². The number of fused-ring (bicyclic) bond motifs is 2. The maximum absolute atomic E-state index is 11.7. The molecule has 2 N–H and O–H groups in total. The molecule has 223 valence electrons. The Balaban J connectivity index is 0.00000192. The minimum atomic E-state index is -1.55. The maximum atomic E-state index is 11.7. The molecule has 0 atom stereocenters. The van der Waals surface area contributed by atoms with Crippen LogP contribution in [0.4, 0.5) is 0 Å². The largest absolute Gasteiger partial charge is 1.00 e. The van der Waals surface area contributed by atoms with Gasteiger partial charge in [0.25, 0.3) is 0 Å². The number of aliphatic carboxylic acids is 2. The summed E-state index contributed by atoms with van der Waals surface area (Å²) in [5.74, 6) is -2.23. The molecule has 6 heterocycles. The van der Waals surface area contributed by atoms with Crippen LogP contribution in [0.2, 0.25) is 0 Å². The van der Waals surface area contributed by atoms with Crippen LogP contribution in [0.25, 0.3) is 30.4 Å². The molecule has 0 fully saturated rings. The molecule has 1 radical (unpaired) electrons. The third kappa shape index (κ3) is 4.88. The minimum absolute atomic E-state index is 0. The van der Waals surface area contributed by atoms with Crippen LogP contribution in [0.3, 0.4) is 0 Å². The van der Waals surface area contributed by atoms with Crippen LogP contribution < -0.4 is 20.9 Å². The molecule has 0 spiro atoms. The van der Waals surface area contributed by atoms with Crippen molar-refractivity contribution in [2.24, 2.45) is 9.98 Å². The van der Waals surface area contributed by atoms with Crippen molar-refractivity contribution in [1.29, 1.82) is 0 Å². The quantitative estimate of drug-likeness (QED) is 0.395. The van der Waals surface area contributed by atoms with E-state index in [4.69, 9.17) is 9.98 Å². The number of aromatic nitrogens is 2. The van der Waals surface area contributed by atoms with Crippen LogP contribution in [-0.4, -0.2) is 53.3 Å². The van der Waals surface area contributed by atoms with Gasteiger partial charge in [0, 0.05) is 0 Å². The van der Waals surface area contributed by atoms with Gasteiger partial charge in [-0.25, -0.2) is 0 Å². The number of rotatable bonds is 8. The fourth-order valence-corrected chi connectivity index (χ4v) is 10.0. The second-order valence-corrected chi connectivity index (χ2v) is 13.8. The molecule has 6 rings (SSSR count). The second-order valence-electron chi connectivity index (χ2n) is 11.2. The van der Waals surface area contributed by atoms with Crippen LogP contribution in [-0.2, 0) is 16.0 Å². The summed E-state index contributed by atoms with van der Waals surface area (Å²) in [6.45, 7) is 16.4. The van der Waals surface area contributed by atoms with E-state index in [2.05, 4.69) is 51.8 Å². The van der Waals surface area contributed by atoms with E-state index in [0.29, 0.717) is 12.1 Å². The molecule has 4 aliphatic heterocycles. The summed E-state index contributed by atoms with van der Waals surface area (Å²) >= 11 is -1.55. The molecule has 0 saturated carbocycles. The Bertz CT molecular complexity index is 2040. The van der Waals surface area contributed by atoms with Crippen molar-refractivity contribution in [1.82, 2.24) is 6.55 Å². The number of allylic oxidation sites excluding steroid dienone is 5. The summed E-state index contributed by atoms with van der Waals surface area (Å²) < 4.78 is 4.73. The SMILES string of the molecule is C=CC1=C(C)C2=Cc3c(C=C)c(C)c4[n]3[Ga][n]3c(c(C)c(CCC(=O)[O-])c3=CC3=NC(=C4)C(C)=C3CCC(=O)[O-])=CC1=N2.O.[H+].[H+]. The van der Waals surface area contributed by atoms with Crippen LogP contribution in [0.15, 0.2) is 62.9 Å². The number of hydrogen-bond donors (Lipinski definition) is 0. The zero-order chi connectivity index (χ0) is 30.7. The number of carboxylic acid groups (broad SMARTS) is 2. The predicted octanol–water partition coefficient (Wildman–Crippen LogP) is 1.09. The Morgan fingerprint density at radius 3 is 2.09 bits per heavy atom. The van der Waals surface area contributed by atoms with Crippen molar-refractivity contribution < 1.29 is 28.1 Å². The summed E-state index contributed by atoms with van der Waals surface area (Å²) in [4.78, 5) is 33.2. The van der Waals surface area contributed by atoms with Gasteiger partial charge in [-0.2, -0.15) is 0 Å². The Hall–Kier alpha value is -4.38. The molecule has 9 nitrogen and oxygen atoms in total. The maximum Gasteiger partial charge on any atom is 1.00 e. The molecule has 0 saturated heterocycles. The fraction of sp³-hybridized carbons (Fsp3) is 0.235.